The fourth-order valence-corrected chi connectivity index (χ4v) is 4.32. The van der Waals surface area contributed by atoms with Crippen LogP contribution >= 0.6 is 15.9 Å². The second-order valence-electron chi connectivity index (χ2n) is 2.71. The van der Waals surface area contributed by atoms with Gasteiger partial charge in [-0.1, -0.05) is 15.9 Å². The highest BCUT2D eigenvalue weighted by Gasteiger charge is 2.14. The summed E-state index contributed by atoms with van der Waals surface area (Å²) in [4.78, 5) is 10.7. The second kappa shape index (κ2) is 9.77. The van der Waals surface area contributed by atoms with Crippen molar-refractivity contribution < 1.29 is 18.6 Å². The Balaban J connectivity index is 3.48. The van der Waals surface area contributed by atoms with E-state index in [1.807, 2.05) is 0 Å². The van der Waals surface area contributed by atoms with Crippen LogP contribution in [0.4, 0.5) is 0 Å². The van der Waals surface area contributed by atoms with Crippen molar-refractivity contribution in [3.8, 4) is 0 Å². The first-order chi connectivity index (χ1) is 7.10. The molecule has 0 bridgehead atoms. The number of halogens is 1. The number of carbonyl (C=O) groups excluding carboxylic acids is 1. The fourth-order valence-electron chi connectivity index (χ4n) is 0.775. The third-order valence-corrected chi connectivity index (χ3v) is 5.42. The van der Waals surface area contributed by atoms with Gasteiger partial charge in [0.05, 0.1) is 13.5 Å². The molecule has 0 rings (SSSR count). The van der Waals surface area contributed by atoms with E-state index in [1.165, 1.54) is 7.11 Å². The second-order valence-corrected chi connectivity index (χ2v) is 6.90. The predicted molar refractivity (Wildman–Crippen MR) is 66.2 cm³/mol. The van der Waals surface area contributed by atoms with Gasteiger partial charge in [0.2, 0.25) is 0 Å². The highest BCUT2D eigenvalue weighted by Crippen LogP contribution is 2.00. The molecule has 0 saturated heterocycles. The van der Waals surface area contributed by atoms with Gasteiger partial charge >= 0.3 is 5.97 Å². The number of esters is 1. The summed E-state index contributed by atoms with van der Waals surface area (Å²) < 4.78 is 27.0. The molecular weight excluding hydrogens is 304 g/mol. The lowest BCUT2D eigenvalue weighted by molar-refractivity contribution is -0.140. The zero-order valence-electron chi connectivity index (χ0n) is 8.57. The van der Waals surface area contributed by atoms with Crippen molar-refractivity contribution in [3.05, 3.63) is 0 Å². The molecule has 0 spiro atoms. The van der Waals surface area contributed by atoms with E-state index in [-0.39, 0.29) is 18.1 Å². The van der Waals surface area contributed by atoms with Gasteiger partial charge in [0.15, 0.2) is 0 Å². The van der Waals surface area contributed by atoms with Crippen molar-refractivity contribution in [2.75, 3.05) is 35.5 Å². The molecule has 2 atom stereocenters. The van der Waals surface area contributed by atoms with Crippen molar-refractivity contribution in [1.29, 1.82) is 0 Å². The number of alkyl halides is 1. The van der Waals surface area contributed by atoms with E-state index in [0.717, 1.165) is 0 Å². The third-order valence-electron chi connectivity index (χ3n) is 1.61. The lowest BCUT2D eigenvalue weighted by Gasteiger charge is -2.12. The average molecular weight is 319 g/mol. The van der Waals surface area contributed by atoms with Crippen molar-refractivity contribution in [3.63, 3.8) is 0 Å². The molecule has 0 aromatic heterocycles. The van der Waals surface area contributed by atoms with Crippen LogP contribution in [0.25, 0.3) is 0 Å². The molecule has 0 N–H and O–H groups in total. The molecule has 90 valence electrons. The van der Waals surface area contributed by atoms with Crippen LogP contribution in [0.5, 0.6) is 0 Å². The molecule has 15 heavy (non-hydrogen) atoms. The monoisotopic (exact) mass is 318 g/mol. The van der Waals surface area contributed by atoms with E-state index in [2.05, 4.69) is 20.7 Å². The summed E-state index contributed by atoms with van der Waals surface area (Å²) in [5.41, 5.74) is 0. The van der Waals surface area contributed by atoms with Crippen LogP contribution in [-0.2, 0) is 31.9 Å². The van der Waals surface area contributed by atoms with E-state index in [1.54, 1.807) is 0 Å². The molecule has 0 aromatic carbocycles. The number of hydrogen-bond donors (Lipinski definition) is 0. The number of rotatable bonds is 8. The van der Waals surface area contributed by atoms with E-state index < -0.39 is 22.4 Å². The molecule has 4 nitrogen and oxygen atoms in total. The van der Waals surface area contributed by atoms with E-state index in [9.17, 15) is 13.9 Å². The van der Waals surface area contributed by atoms with E-state index in [0.29, 0.717) is 22.6 Å². The van der Waals surface area contributed by atoms with Gasteiger partial charge in [0.1, 0.15) is 23.0 Å². The smallest absolute Gasteiger partial charge is 0.310 e. The Morgan fingerprint density at radius 1 is 1.20 bits per heavy atom. The van der Waals surface area contributed by atoms with Crippen molar-refractivity contribution in [1.82, 2.24) is 0 Å². The standard InChI is InChI=1S/C8H15BrO4S2/c1-13-8(10)2-4-14(11)6-7-15(12)5-3-9/h2-7H2,1H3. The minimum atomic E-state index is -1.08. The van der Waals surface area contributed by atoms with Gasteiger partial charge in [-0.25, -0.2) is 0 Å². The Bertz CT molecular complexity index is 182. The third kappa shape index (κ3) is 9.50. The van der Waals surface area contributed by atoms with Crippen LogP contribution in [0.1, 0.15) is 6.42 Å². The largest absolute Gasteiger partial charge is 0.616 e. The lowest BCUT2D eigenvalue weighted by Crippen LogP contribution is -2.23. The first-order valence-electron chi connectivity index (χ1n) is 4.43. The summed E-state index contributed by atoms with van der Waals surface area (Å²) in [6, 6.07) is 0. The molecule has 2 unspecified atom stereocenters. The molecule has 0 aliphatic rings. The highest BCUT2D eigenvalue weighted by molar-refractivity contribution is 9.09. The normalized spacial score (nSPS) is 14.7. The maximum atomic E-state index is 11.3. The lowest BCUT2D eigenvalue weighted by atomic mass is 10.5. The minimum Gasteiger partial charge on any atom is -0.616 e. The Hall–Kier alpha value is 0.570. The van der Waals surface area contributed by atoms with E-state index >= 15 is 0 Å². The molecule has 0 fully saturated rings. The van der Waals surface area contributed by atoms with Crippen LogP contribution < -0.4 is 0 Å². The fraction of sp³-hybridized carbons (Fsp3) is 0.875. The Kier molecular flexibility index (Phi) is 10.1. The number of ether oxygens (including phenoxy) is 1. The first kappa shape index (κ1) is 15.6. The topological polar surface area (TPSA) is 72.4 Å². The summed E-state index contributed by atoms with van der Waals surface area (Å²) in [7, 11) is 1.30. The quantitative estimate of drug-likeness (QED) is 0.370. The molecule has 0 radical (unpaired) electrons. The van der Waals surface area contributed by atoms with Crippen LogP contribution in [0.3, 0.4) is 0 Å². The van der Waals surface area contributed by atoms with Gasteiger partial charge < -0.3 is 13.8 Å². The van der Waals surface area contributed by atoms with Gasteiger partial charge in [-0.3, -0.25) is 4.79 Å². The van der Waals surface area contributed by atoms with Gasteiger partial charge in [-0.05, 0) is 22.4 Å². The van der Waals surface area contributed by atoms with Gasteiger partial charge in [-0.15, -0.1) is 0 Å². The molecule has 0 aliphatic heterocycles. The highest BCUT2D eigenvalue weighted by atomic mass is 79.9. The zero-order valence-corrected chi connectivity index (χ0v) is 11.8. The Morgan fingerprint density at radius 3 is 2.20 bits per heavy atom. The summed E-state index contributed by atoms with van der Waals surface area (Å²) in [6.07, 6.45) is 0.161. The van der Waals surface area contributed by atoms with Crippen LogP contribution in [0, 0.1) is 0 Å². The number of carbonyl (C=O) groups is 1. The van der Waals surface area contributed by atoms with Gasteiger partial charge in [0, 0.05) is 5.33 Å². The predicted octanol–water partition coefficient (Wildman–Crippen LogP) is 0.442. The molecule has 7 heteroatoms. The van der Waals surface area contributed by atoms with Crippen LogP contribution in [0.2, 0.25) is 0 Å². The SMILES string of the molecule is COC(=O)CC[S+]([O-])CC[S+]([O-])CCBr. The molecule has 0 saturated carbocycles. The minimum absolute atomic E-state index is 0.161. The Labute approximate surface area is 105 Å². The molecule has 0 aromatic rings. The molecule has 0 aliphatic carbocycles. The van der Waals surface area contributed by atoms with Crippen molar-refractivity contribution in [2.24, 2.45) is 0 Å². The van der Waals surface area contributed by atoms with E-state index in [4.69, 9.17) is 0 Å². The molecular formula is C8H15BrO4S2. The van der Waals surface area contributed by atoms with Crippen molar-refractivity contribution >= 4 is 44.3 Å². The molecule has 0 heterocycles. The number of methoxy groups -OCH3 is 1. The maximum absolute atomic E-state index is 11.3. The van der Waals surface area contributed by atoms with Crippen molar-refractivity contribution in [2.45, 2.75) is 6.42 Å². The zero-order chi connectivity index (χ0) is 11.7. The summed E-state index contributed by atoms with van der Waals surface area (Å²) in [5, 5.41) is 0.689. The van der Waals surface area contributed by atoms with Crippen LogP contribution in [0.15, 0.2) is 0 Å². The summed E-state index contributed by atoms with van der Waals surface area (Å²) in [5.74, 6) is 1.33. The van der Waals surface area contributed by atoms with Gasteiger partial charge in [-0.2, -0.15) is 0 Å². The average Bonchev–Trinajstić information content (AvgIpc) is 2.23. The summed E-state index contributed by atoms with van der Waals surface area (Å²) in [6.45, 7) is 0. The summed E-state index contributed by atoms with van der Waals surface area (Å²) >= 11 is 1.20. The van der Waals surface area contributed by atoms with Gasteiger partial charge in [0.25, 0.3) is 0 Å². The van der Waals surface area contributed by atoms with Crippen LogP contribution in [-0.4, -0.2) is 50.5 Å². The Morgan fingerprint density at radius 2 is 1.73 bits per heavy atom. The molecule has 0 amide bonds. The first-order valence-corrected chi connectivity index (χ1v) is 8.52. The number of hydrogen-bond acceptors (Lipinski definition) is 4. The maximum Gasteiger partial charge on any atom is 0.310 e.